The maximum Gasteiger partial charge on any atom is 0.435 e. The van der Waals surface area contributed by atoms with Crippen LogP contribution in [0.5, 0.6) is 0 Å². The quantitative estimate of drug-likeness (QED) is 0.176. The summed E-state index contributed by atoms with van der Waals surface area (Å²) in [4.78, 5) is 31.8. The zero-order valence-electron chi connectivity index (χ0n) is 23.7. The average molecular weight is 536 g/mol. The molecule has 0 spiro atoms. The van der Waals surface area contributed by atoms with Gasteiger partial charge in [-0.15, -0.1) is 0 Å². The number of nitrogens with zero attached hydrogens (tertiary/aromatic N) is 7. The van der Waals surface area contributed by atoms with E-state index in [0.29, 0.717) is 18.9 Å². The Hall–Kier alpha value is -3.26. The molecule has 0 aliphatic heterocycles. The minimum Gasteiger partial charge on any atom is -0.442 e. The molecule has 0 aromatic carbocycles. The van der Waals surface area contributed by atoms with Crippen LogP contribution in [0.1, 0.15) is 111 Å². The molecule has 5 rings (SSSR count). The van der Waals surface area contributed by atoms with Crippen LogP contribution in [0.15, 0.2) is 17.4 Å². The van der Waals surface area contributed by atoms with Crippen LogP contribution < -0.4 is 0 Å². The van der Waals surface area contributed by atoms with Gasteiger partial charge < -0.3 is 14.2 Å². The number of aromatic nitrogens is 3. The molecule has 2 aromatic rings. The molecule has 10 heteroatoms. The second-order valence-electron chi connectivity index (χ2n) is 12.2. The number of carbonyl (C=O) groups excluding carboxylic acids is 2. The number of amides is 1. The van der Waals surface area contributed by atoms with Gasteiger partial charge in [0.2, 0.25) is 0 Å². The van der Waals surface area contributed by atoms with Gasteiger partial charge in [-0.2, -0.15) is 9.78 Å². The number of fused-ring (bicyclic) bond motifs is 1. The van der Waals surface area contributed by atoms with E-state index in [9.17, 15) is 9.59 Å². The monoisotopic (exact) mass is 535 g/mol. The van der Waals surface area contributed by atoms with Crippen LogP contribution in [0.4, 0.5) is 4.79 Å². The SMILES string of the molecule is Cc1cc(C(=O)N(C2CC2)C2CCc3nn(C(=O)OC(C)(C)CN=[N+]=[N-])cc3C2)c(C)n1C1CCCCCC1. The maximum atomic E-state index is 14.1. The first-order valence-electron chi connectivity index (χ1n) is 14.5. The molecule has 0 radical (unpaired) electrons. The lowest BCUT2D eigenvalue weighted by Crippen LogP contribution is -2.45. The van der Waals surface area contributed by atoms with Crippen molar-refractivity contribution >= 4 is 12.0 Å². The number of aryl methyl sites for hydroxylation is 2. The minimum atomic E-state index is -0.934. The Morgan fingerprint density at radius 3 is 2.51 bits per heavy atom. The van der Waals surface area contributed by atoms with Crippen LogP contribution in [-0.2, 0) is 17.6 Å². The number of hydrogen-bond donors (Lipinski definition) is 0. The molecule has 1 atom stereocenters. The molecule has 0 N–H and O–H groups in total. The third kappa shape index (κ3) is 5.86. The molecule has 10 nitrogen and oxygen atoms in total. The Morgan fingerprint density at radius 2 is 1.85 bits per heavy atom. The Balaban J connectivity index is 1.33. The molecule has 2 fully saturated rings. The van der Waals surface area contributed by atoms with Crippen LogP contribution in [-0.4, -0.2) is 55.5 Å². The van der Waals surface area contributed by atoms with E-state index in [1.165, 1.54) is 48.9 Å². The van der Waals surface area contributed by atoms with Crippen molar-refractivity contribution in [1.29, 1.82) is 0 Å². The molecule has 39 heavy (non-hydrogen) atoms. The van der Waals surface area contributed by atoms with Crippen molar-refractivity contribution in [2.24, 2.45) is 5.11 Å². The highest BCUT2D eigenvalue weighted by atomic mass is 16.6. The zero-order chi connectivity index (χ0) is 27.7. The number of carbonyl (C=O) groups is 2. The first kappa shape index (κ1) is 27.3. The number of ether oxygens (including phenoxy) is 1. The first-order valence-corrected chi connectivity index (χ1v) is 14.5. The van der Waals surface area contributed by atoms with Crippen LogP contribution in [0.2, 0.25) is 0 Å². The van der Waals surface area contributed by atoms with E-state index in [0.717, 1.165) is 41.8 Å². The average Bonchev–Trinajstić information content (AvgIpc) is 3.62. The van der Waals surface area contributed by atoms with Gasteiger partial charge >= 0.3 is 6.09 Å². The third-order valence-corrected chi connectivity index (χ3v) is 8.59. The van der Waals surface area contributed by atoms with Crippen molar-refractivity contribution < 1.29 is 14.3 Å². The minimum absolute atomic E-state index is 0.0398. The normalized spacial score (nSPS) is 20.1. The van der Waals surface area contributed by atoms with Gasteiger partial charge in [-0.25, -0.2) is 4.79 Å². The summed E-state index contributed by atoms with van der Waals surface area (Å²) in [6.45, 7) is 7.70. The topological polar surface area (TPSA) is 118 Å². The second kappa shape index (κ2) is 11.1. The van der Waals surface area contributed by atoms with Gasteiger partial charge in [-0.1, -0.05) is 30.8 Å². The lowest BCUT2D eigenvalue weighted by molar-refractivity contribution is 0.0441. The highest BCUT2D eigenvalue weighted by molar-refractivity contribution is 5.96. The summed E-state index contributed by atoms with van der Waals surface area (Å²) in [7, 11) is 0. The second-order valence-corrected chi connectivity index (χ2v) is 12.2. The van der Waals surface area contributed by atoms with E-state index < -0.39 is 11.7 Å². The Labute approximate surface area is 230 Å². The fourth-order valence-corrected chi connectivity index (χ4v) is 6.53. The molecule has 0 bridgehead atoms. The van der Waals surface area contributed by atoms with Crippen molar-refractivity contribution in [3.05, 3.63) is 50.9 Å². The zero-order valence-corrected chi connectivity index (χ0v) is 23.7. The highest BCUT2D eigenvalue weighted by Gasteiger charge is 2.41. The van der Waals surface area contributed by atoms with Gasteiger partial charge in [0.25, 0.3) is 5.91 Å². The number of rotatable bonds is 7. The van der Waals surface area contributed by atoms with E-state index in [1.807, 2.05) is 0 Å². The van der Waals surface area contributed by atoms with E-state index >= 15 is 0 Å². The summed E-state index contributed by atoms with van der Waals surface area (Å²) in [5.41, 5.74) is 12.7. The summed E-state index contributed by atoms with van der Waals surface area (Å²) in [6.07, 6.45) is 13.0. The molecule has 3 aliphatic carbocycles. The van der Waals surface area contributed by atoms with E-state index in [1.54, 1.807) is 20.0 Å². The fraction of sp³-hybridized carbons (Fsp3) is 0.690. The van der Waals surface area contributed by atoms with Gasteiger partial charge in [-0.3, -0.25) is 4.79 Å². The molecule has 210 valence electrons. The summed E-state index contributed by atoms with van der Waals surface area (Å²) >= 11 is 0. The lowest BCUT2D eigenvalue weighted by atomic mass is 9.91. The molecule has 1 unspecified atom stereocenters. The number of hydrogen-bond acceptors (Lipinski definition) is 5. The highest BCUT2D eigenvalue weighted by Crippen LogP contribution is 2.37. The lowest BCUT2D eigenvalue weighted by Gasteiger charge is -2.34. The van der Waals surface area contributed by atoms with Crippen LogP contribution in [0, 0.1) is 13.8 Å². The van der Waals surface area contributed by atoms with Crippen molar-refractivity contribution in [2.45, 2.75) is 122 Å². The molecular formula is C29H41N7O3. The van der Waals surface area contributed by atoms with Crippen molar-refractivity contribution in [3.8, 4) is 0 Å². The Bertz CT molecular complexity index is 1270. The molecule has 2 aromatic heterocycles. The van der Waals surface area contributed by atoms with E-state index in [-0.39, 0.29) is 24.5 Å². The van der Waals surface area contributed by atoms with Crippen molar-refractivity contribution in [1.82, 2.24) is 19.2 Å². The summed E-state index contributed by atoms with van der Waals surface area (Å²) in [5, 5.41) is 8.02. The van der Waals surface area contributed by atoms with Crippen LogP contribution >= 0.6 is 0 Å². The van der Waals surface area contributed by atoms with Gasteiger partial charge in [0.1, 0.15) is 5.60 Å². The summed E-state index contributed by atoms with van der Waals surface area (Å²) in [6, 6.07) is 2.96. The molecule has 2 heterocycles. The van der Waals surface area contributed by atoms with Gasteiger partial charge in [0, 0.05) is 40.6 Å². The Kier molecular flexibility index (Phi) is 7.76. The molecular weight excluding hydrogens is 494 g/mol. The maximum absolute atomic E-state index is 14.1. The van der Waals surface area contributed by atoms with Crippen molar-refractivity contribution in [2.75, 3.05) is 6.54 Å². The summed E-state index contributed by atoms with van der Waals surface area (Å²) < 4.78 is 9.21. The molecule has 2 saturated carbocycles. The van der Waals surface area contributed by atoms with E-state index in [4.69, 9.17) is 10.3 Å². The van der Waals surface area contributed by atoms with Crippen molar-refractivity contribution in [3.63, 3.8) is 0 Å². The van der Waals surface area contributed by atoms with Crippen LogP contribution in [0.3, 0.4) is 0 Å². The van der Waals surface area contributed by atoms with Gasteiger partial charge in [0.05, 0.1) is 17.8 Å². The van der Waals surface area contributed by atoms with E-state index in [2.05, 4.69) is 44.5 Å². The largest absolute Gasteiger partial charge is 0.442 e. The predicted octanol–water partition coefficient (Wildman–Crippen LogP) is 6.43. The Morgan fingerprint density at radius 1 is 1.13 bits per heavy atom. The van der Waals surface area contributed by atoms with Gasteiger partial charge in [-0.05, 0) is 89.8 Å². The third-order valence-electron chi connectivity index (χ3n) is 8.59. The molecule has 0 saturated heterocycles. The fourth-order valence-electron chi connectivity index (χ4n) is 6.53. The molecule has 1 amide bonds. The predicted molar refractivity (Wildman–Crippen MR) is 148 cm³/mol. The van der Waals surface area contributed by atoms with Gasteiger partial charge in [0.15, 0.2) is 0 Å². The first-order chi connectivity index (χ1) is 18.7. The summed E-state index contributed by atoms with van der Waals surface area (Å²) in [5.74, 6) is 0.144. The standard InChI is InChI=1S/C29H41N7O3/c1-19-15-25(20(2)35(19)22-9-7-5-6-8-10-22)27(37)36(23-11-12-23)24-13-14-26-21(16-24)17-34(32-26)28(38)39-29(3,4)18-31-33-30/h15,17,22-24H,5-14,16,18H2,1-4H3. The smallest absolute Gasteiger partial charge is 0.435 e. The van der Waals surface area contributed by atoms with Crippen LogP contribution in [0.25, 0.3) is 10.4 Å². The number of azide groups is 1. The molecule has 3 aliphatic rings.